The van der Waals surface area contributed by atoms with Crippen molar-refractivity contribution in [2.24, 2.45) is 0 Å². The van der Waals surface area contributed by atoms with Crippen LogP contribution in [-0.2, 0) is 11.3 Å². The van der Waals surface area contributed by atoms with Crippen LogP contribution in [0.2, 0.25) is 0 Å². The van der Waals surface area contributed by atoms with Crippen molar-refractivity contribution in [2.75, 3.05) is 13.1 Å². The van der Waals surface area contributed by atoms with Crippen molar-refractivity contribution in [2.45, 2.75) is 26.6 Å². The minimum absolute atomic E-state index is 0.189. The van der Waals surface area contributed by atoms with Gasteiger partial charge in [0.1, 0.15) is 12.3 Å². The average Bonchev–Trinajstić information content (AvgIpc) is 2.54. The number of hydrogen-bond donors (Lipinski definition) is 2. The lowest BCUT2D eigenvalue weighted by molar-refractivity contribution is -0.137. The first-order valence-corrected chi connectivity index (χ1v) is 5.25. The number of alkyl halides is 3. The minimum atomic E-state index is -4.40. The molecule has 18 heavy (non-hydrogen) atoms. The van der Waals surface area contributed by atoms with Crippen molar-refractivity contribution >= 4 is 5.91 Å². The lowest BCUT2D eigenvalue weighted by Gasteiger charge is -2.08. The van der Waals surface area contributed by atoms with Gasteiger partial charge in [-0.25, -0.2) is 4.98 Å². The van der Waals surface area contributed by atoms with Gasteiger partial charge < -0.3 is 9.73 Å². The van der Waals surface area contributed by atoms with E-state index in [9.17, 15) is 18.0 Å². The van der Waals surface area contributed by atoms with Crippen molar-refractivity contribution in [1.82, 2.24) is 15.6 Å². The van der Waals surface area contributed by atoms with E-state index in [1.54, 1.807) is 19.2 Å². The van der Waals surface area contributed by atoms with Gasteiger partial charge in [0.2, 0.25) is 11.8 Å². The van der Waals surface area contributed by atoms with Crippen molar-refractivity contribution < 1.29 is 22.4 Å². The SMILES string of the molecule is Cc1nc(CNCC(=O)NCC(F)(F)F)oc1C. The fraction of sp³-hybridized carbons (Fsp3) is 0.600. The summed E-state index contributed by atoms with van der Waals surface area (Å²) in [5.74, 6) is 0.342. The lowest BCUT2D eigenvalue weighted by Crippen LogP contribution is -2.39. The van der Waals surface area contributed by atoms with Crippen molar-refractivity contribution in [3.8, 4) is 0 Å². The van der Waals surface area contributed by atoms with Crippen LogP contribution >= 0.6 is 0 Å². The first-order chi connectivity index (χ1) is 8.28. The normalized spacial score (nSPS) is 11.6. The smallest absolute Gasteiger partial charge is 0.405 e. The number of carbonyl (C=O) groups is 1. The van der Waals surface area contributed by atoms with Gasteiger partial charge in [0, 0.05) is 0 Å². The Labute approximate surface area is 102 Å². The Morgan fingerprint density at radius 3 is 2.56 bits per heavy atom. The average molecular weight is 265 g/mol. The molecule has 1 aromatic rings. The summed E-state index contributed by atoms with van der Waals surface area (Å²) in [7, 11) is 0. The van der Waals surface area contributed by atoms with Gasteiger partial charge in [-0.3, -0.25) is 10.1 Å². The molecule has 0 spiro atoms. The number of aromatic nitrogens is 1. The fourth-order valence-electron chi connectivity index (χ4n) is 1.16. The van der Waals surface area contributed by atoms with E-state index in [4.69, 9.17) is 4.42 Å². The molecule has 0 saturated carbocycles. The molecule has 102 valence electrons. The van der Waals surface area contributed by atoms with Crippen LogP contribution in [0.4, 0.5) is 13.2 Å². The minimum Gasteiger partial charge on any atom is -0.444 e. The third-order valence-corrected chi connectivity index (χ3v) is 2.12. The summed E-state index contributed by atoms with van der Waals surface area (Å²) < 4.78 is 40.6. The van der Waals surface area contributed by atoms with Crippen LogP contribution in [0.25, 0.3) is 0 Å². The topological polar surface area (TPSA) is 67.2 Å². The third-order valence-electron chi connectivity index (χ3n) is 2.12. The molecule has 0 aromatic carbocycles. The van der Waals surface area contributed by atoms with Gasteiger partial charge >= 0.3 is 6.18 Å². The number of hydrogen-bond acceptors (Lipinski definition) is 4. The van der Waals surface area contributed by atoms with E-state index in [-0.39, 0.29) is 13.1 Å². The van der Waals surface area contributed by atoms with Crippen molar-refractivity contribution in [3.63, 3.8) is 0 Å². The monoisotopic (exact) mass is 265 g/mol. The maximum Gasteiger partial charge on any atom is 0.405 e. The van der Waals surface area contributed by atoms with Crippen LogP contribution in [0.3, 0.4) is 0 Å². The lowest BCUT2D eigenvalue weighted by atomic mass is 10.4. The predicted molar refractivity (Wildman–Crippen MR) is 56.7 cm³/mol. The highest BCUT2D eigenvalue weighted by Gasteiger charge is 2.27. The molecular formula is C10H14F3N3O2. The summed E-state index contributed by atoms with van der Waals surface area (Å²) in [6.45, 7) is 2.16. The molecule has 0 aliphatic rings. The van der Waals surface area contributed by atoms with E-state index in [0.29, 0.717) is 11.7 Å². The van der Waals surface area contributed by atoms with E-state index >= 15 is 0 Å². The third kappa shape index (κ3) is 5.17. The molecule has 0 saturated heterocycles. The maximum atomic E-state index is 11.8. The molecule has 0 atom stereocenters. The van der Waals surface area contributed by atoms with E-state index in [2.05, 4.69) is 10.3 Å². The second kappa shape index (κ2) is 5.85. The summed E-state index contributed by atoms with van der Waals surface area (Å²) in [5, 5.41) is 4.39. The number of carbonyl (C=O) groups excluding carboxylic acids is 1. The molecule has 2 N–H and O–H groups in total. The molecule has 0 bridgehead atoms. The van der Waals surface area contributed by atoms with Crippen LogP contribution in [0.1, 0.15) is 17.3 Å². The van der Waals surface area contributed by atoms with Gasteiger partial charge in [0.25, 0.3) is 0 Å². The fourth-order valence-corrected chi connectivity index (χ4v) is 1.16. The van der Waals surface area contributed by atoms with Gasteiger partial charge in [-0.2, -0.15) is 13.2 Å². The second-order valence-electron chi connectivity index (χ2n) is 3.74. The number of amides is 1. The highest BCUT2D eigenvalue weighted by atomic mass is 19.4. The van der Waals surface area contributed by atoms with Gasteiger partial charge in [-0.1, -0.05) is 0 Å². The van der Waals surface area contributed by atoms with E-state index < -0.39 is 18.6 Å². The van der Waals surface area contributed by atoms with Gasteiger partial charge in [0.15, 0.2) is 0 Å². The van der Waals surface area contributed by atoms with Crippen LogP contribution in [0.5, 0.6) is 0 Å². The number of nitrogens with one attached hydrogen (secondary N) is 2. The Balaban J connectivity index is 2.23. The summed E-state index contributed by atoms with van der Waals surface area (Å²) >= 11 is 0. The Bertz CT molecular complexity index is 395. The quantitative estimate of drug-likeness (QED) is 0.835. The standard InChI is InChI=1S/C10H14F3N3O2/c1-6-7(2)18-9(16-6)4-14-3-8(17)15-5-10(11,12)13/h14H,3-5H2,1-2H3,(H,15,17). The molecule has 1 rings (SSSR count). The molecule has 1 heterocycles. The van der Waals surface area contributed by atoms with Crippen molar-refractivity contribution in [3.05, 3.63) is 17.3 Å². The molecule has 0 fully saturated rings. The highest BCUT2D eigenvalue weighted by molar-refractivity contribution is 5.77. The summed E-state index contributed by atoms with van der Waals surface area (Å²) in [4.78, 5) is 15.1. The number of aryl methyl sites for hydroxylation is 2. The molecule has 0 radical (unpaired) electrons. The molecular weight excluding hydrogens is 251 g/mol. The predicted octanol–water partition coefficient (Wildman–Crippen LogP) is 1.06. The first-order valence-electron chi connectivity index (χ1n) is 5.25. The van der Waals surface area contributed by atoms with Gasteiger partial charge in [0.05, 0.1) is 18.8 Å². The molecule has 0 aliphatic carbocycles. The van der Waals surface area contributed by atoms with Crippen LogP contribution in [0, 0.1) is 13.8 Å². The second-order valence-corrected chi connectivity index (χ2v) is 3.74. The van der Waals surface area contributed by atoms with E-state index in [0.717, 1.165) is 5.69 Å². The highest BCUT2D eigenvalue weighted by Crippen LogP contribution is 2.11. The zero-order valence-corrected chi connectivity index (χ0v) is 10.0. The molecule has 5 nitrogen and oxygen atoms in total. The summed E-state index contributed by atoms with van der Waals surface area (Å²) in [6.07, 6.45) is -4.40. The van der Waals surface area contributed by atoms with Crippen molar-refractivity contribution in [1.29, 1.82) is 0 Å². The van der Waals surface area contributed by atoms with E-state index in [1.807, 2.05) is 0 Å². The number of nitrogens with zero attached hydrogens (tertiary/aromatic N) is 1. The Morgan fingerprint density at radius 2 is 2.06 bits per heavy atom. The zero-order valence-electron chi connectivity index (χ0n) is 10.0. The molecule has 1 amide bonds. The Hall–Kier alpha value is -1.57. The Kier molecular flexibility index (Phi) is 4.71. The maximum absolute atomic E-state index is 11.8. The van der Waals surface area contributed by atoms with Gasteiger partial charge in [-0.05, 0) is 13.8 Å². The molecule has 0 aliphatic heterocycles. The van der Waals surface area contributed by atoms with Crippen LogP contribution < -0.4 is 10.6 Å². The zero-order chi connectivity index (χ0) is 13.8. The molecule has 1 aromatic heterocycles. The van der Waals surface area contributed by atoms with Crippen LogP contribution in [-0.4, -0.2) is 30.2 Å². The first kappa shape index (κ1) is 14.5. The van der Waals surface area contributed by atoms with Crippen LogP contribution in [0.15, 0.2) is 4.42 Å². The molecule has 0 unspecified atom stereocenters. The Morgan fingerprint density at radius 1 is 1.39 bits per heavy atom. The summed E-state index contributed by atoms with van der Waals surface area (Å²) in [5.41, 5.74) is 0.744. The largest absolute Gasteiger partial charge is 0.444 e. The van der Waals surface area contributed by atoms with Gasteiger partial charge in [-0.15, -0.1) is 0 Å². The summed E-state index contributed by atoms with van der Waals surface area (Å²) in [6, 6.07) is 0. The number of rotatable bonds is 5. The van der Waals surface area contributed by atoms with E-state index in [1.165, 1.54) is 0 Å². The number of halogens is 3. The molecule has 8 heteroatoms. The number of oxazole rings is 1.